The molecule has 0 fully saturated rings. The van der Waals surface area contributed by atoms with Crippen molar-refractivity contribution in [3.05, 3.63) is 54.1 Å². The van der Waals surface area contributed by atoms with Crippen molar-refractivity contribution in [1.82, 2.24) is 5.32 Å². The third-order valence-electron chi connectivity index (χ3n) is 3.70. The maximum Gasteiger partial charge on any atom is 0.261 e. The highest BCUT2D eigenvalue weighted by atomic mass is 16.5. The number of amides is 1. The molecule has 0 aliphatic rings. The van der Waals surface area contributed by atoms with Crippen LogP contribution in [0.4, 0.5) is 0 Å². The zero-order valence-electron chi connectivity index (χ0n) is 15.0. The number of rotatable bonds is 9. The third-order valence-corrected chi connectivity index (χ3v) is 3.70. The Balaban J connectivity index is 1.88. The third kappa shape index (κ3) is 5.71. The molecule has 25 heavy (non-hydrogen) atoms. The van der Waals surface area contributed by atoms with Crippen LogP contribution in [0.3, 0.4) is 0 Å². The van der Waals surface area contributed by atoms with Crippen LogP contribution in [0, 0.1) is 0 Å². The Morgan fingerprint density at radius 3 is 2.12 bits per heavy atom. The largest absolute Gasteiger partial charge is 0.497 e. The van der Waals surface area contributed by atoms with E-state index in [1.807, 2.05) is 38.1 Å². The summed E-state index contributed by atoms with van der Waals surface area (Å²) in [5, 5.41) is 2.91. The number of ether oxygens (including phenoxy) is 3. The molecule has 2 rings (SSSR count). The minimum absolute atomic E-state index is 0.132. The lowest BCUT2D eigenvalue weighted by atomic mass is 10.2. The number of benzene rings is 2. The molecule has 5 heteroatoms. The summed E-state index contributed by atoms with van der Waals surface area (Å²) in [6.07, 6.45) is 0.0531. The predicted octanol–water partition coefficient (Wildman–Crippen LogP) is 3.57. The molecule has 2 aromatic carbocycles. The molecule has 1 amide bonds. The Morgan fingerprint density at radius 2 is 1.56 bits per heavy atom. The molecule has 0 bridgehead atoms. The van der Waals surface area contributed by atoms with Gasteiger partial charge in [0, 0.05) is 6.54 Å². The van der Waals surface area contributed by atoms with Crippen LogP contribution < -0.4 is 19.5 Å². The van der Waals surface area contributed by atoms with Crippen molar-refractivity contribution in [3.63, 3.8) is 0 Å². The summed E-state index contributed by atoms with van der Waals surface area (Å²) < 4.78 is 16.3. The number of carbonyl (C=O) groups excluding carboxylic acids is 1. The van der Waals surface area contributed by atoms with E-state index in [1.165, 1.54) is 0 Å². The van der Waals surface area contributed by atoms with Gasteiger partial charge < -0.3 is 19.5 Å². The number of methoxy groups -OCH3 is 1. The Hall–Kier alpha value is -2.69. The van der Waals surface area contributed by atoms with Gasteiger partial charge in [0.05, 0.1) is 13.7 Å². The van der Waals surface area contributed by atoms with Crippen molar-refractivity contribution in [2.24, 2.45) is 0 Å². The smallest absolute Gasteiger partial charge is 0.261 e. The first-order chi connectivity index (χ1) is 12.2. The fourth-order valence-corrected chi connectivity index (χ4v) is 2.31. The zero-order valence-corrected chi connectivity index (χ0v) is 15.0. The molecule has 0 radical (unpaired) electrons. The van der Waals surface area contributed by atoms with Gasteiger partial charge in [-0.3, -0.25) is 4.79 Å². The van der Waals surface area contributed by atoms with Crippen molar-refractivity contribution >= 4 is 5.91 Å². The second kappa shape index (κ2) is 9.57. The topological polar surface area (TPSA) is 56.8 Å². The van der Waals surface area contributed by atoms with E-state index in [4.69, 9.17) is 14.2 Å². The van der Waals surface area contributed by atoms with Gasteiger partial charge in [-0.1, -0.05) is 19.1 Å². The second-order valence-electron chi connectivity index (χ2n) is 5.49. The first-order valence-corrected chi connectivity index (χ1v) is 8.46. The summed E-state index contributed by atoms with van der Waals surface area (Å²) in [5.41, 5.74) is 1.01. The lowest BCUT2D eigenvalue weighted by Crippen LogP contribution is -2.37. The summed E-state index contributed by atoms with van der Waals surface area (Å²) in [4.78, 5) is 12.4. The van der Waals surface area contributed by atoms with E-state index >= 15 is 0 Å². The van der Waals surface area contributed by atoms with Crippen LogP contribution in [0.15, 0.2) is 48.5 Å². The molecule has 0 aliphatic heterocycles. The van der Waals surface area contributed by atoms with E-state index in [2.05, 4.69) is 5.32 Å². The molecule has 1 N–H and O–H groups in total. The molecule has 0 saturated carbocycles. The average Bonchev–Trinajstić information content (AvgIpc) is 2.66. The molecular formula is C20H25NO4. The molecule has 0 heterocycles. The summed E-state index contributed by atoms with van der Waals surface area (Å²) in [6.45, 7) is 4.96. The fraction of sp³-hybridized carbons (Fsp3) is 0.350. The molecular weight excluding hydrogens is 318 g/mol. The quantitative estimate of drug-likeness (QED) is 0.756. The van der Waals surface area contributed by atoms with Crippen LogP contribution in [0.25, 0.3) is 0 Å². The minimum atomic E-state index is -0.531. The number of hydrogen-bond donors (Lipinski definition) is 1. The van der Waals surface area contributed by atoms with E-state index in [9.17, 15) is 4.79 Å². The van der Waals surface area contributed by atoms with Gasteiger partial charge in [0.1, 0.15) is 17.2 Å². The van der Waals surface area contributed by atoms with Crippen molar-refractivity contribution < 1.29 is 19.0 Å². The van der Waals surface area contributed by atoms with Crippen LogP contribution in [-0.4, -0.2) is 25.7 Å². The SMILES string of the molecule is CCOc1ccc(CNC(=O)[C@H](CC)Oc2ccc(OC)cc2)cc1. The summed E-state index contributed by atoms with van der Waals surface area (Å²) in [5.74, 6) is 2.09. The maximum atomic E-state index is 12.4. The summed E-state index contributed by atoms with van der Waals surface area (Å²) >= 11 is 0. The Morgan fingerprint density at radius 1 is 0.960 bits per heavy atom. The van der Waals surface area contributed by atoms with Gasteiger partial charge >= 0.3 is 0 Å². The van der Waals surface area contributed by atoms with Gasteiger partial charge in [0.15, 0.2) is 6.10 Å². The first-order valence-electron chi connectivity index (χ1n) is 8.46. The average molecular weight is 343 g/mol. The van der Waals surface area contributed by atoms with Gasteiger partial charge in [0.25, 0.3) is 5.91 Å². The van der Waals surface area contributed by atoms with Gasteiger partial charge in [-0.05, 0) is 55.3 Å². The van der Waals surface area contributed by atoms with Gasteiger partial charge in [0.2, 0.25) is 0 Å². The van der Waals surface area contributed by atoms with E-state index in [-0.39, 0.29) is 5.91 Å². The molecule has 1 atom stereocenters. The summed E-state index contributed by atoms with van der Waals surface area (Å²) in [7, 11) is 1.61. The number of nitrogens with one attached hydrogen (secondary N) is 1. The molecule has 0 aromatic heterocycles. The van der Waals surface area contributed by atoms with Crippen LogP contribution in [0.5, 0.6) is 17.2 Å². The van der Waals surface area contributed by atoms with Gasteiger partial charge in [-0.25, -0.2) is 0 Å². The highest BCUT2D eigenvalue weighted by Gasteiger charge is 2.18. The lowest BCUT2D eigenvalue weighted by Gasteiger charge is -2.17. The standard InChI is InChI=1S/C20H25NO4/c1-4-19(25-18-12-10-16(23-3)11-13-18)20(22)21-14-15-6-8-17(9-7-15)24-5-2/h6-13,19H,4-5,14H2,1-3H3,(H,21,22)/t19-/m0/s1. The predicted molar refractivity (Wildman–Crippen MR) is 97.2 cm³/mol. The Labute approximate surface area is 148 Å². The molecule has 0 spiro atoms. The second-order valence-corrected chi connectivity index (χ2v) is 5.49. The Kier molecular flexibility index (Phi) is 7.14. The van der Waals surface area contributed by atoms with E-state index in [1.54, 1.807) is 31.4 Å². The number of carbonyl (C=O) groups is 1. The molecule has 0 saturated heterocycles. The monoisotopic (exact) mass is 343 g/mol. The number of hydrogen-bond acceptors (Lipinski definition) is 4. The fourth-order valence-electron chi connectivity index (χ4n) is 2.31. The zero-order chi connectivity index (χ0) is 18.1. The maximum absolute atomic E-state index is 12.4. The van der Waals surface area contributed by atoms with Crippen molar-refractivity contribution in [2.45, 2.75) is 32.9 Å². The normalized spacial score (nSPS) is 11.5. The molecule has 5 nitrogen and oxygen atoms in total. The van der Waals surface area contributed by atoms with Crippen molar-refractivity contribution in [2.75, 3.05) is 13.7 Å². The van der Waals surface area contributed by atoms with Gasteiger partial charge in [-0.15, -0.1) is 0 Å². The van der Waals surface area contributed by atoms with Crippen LogP contribution in [0.2, 0.25) is 0 Å². The van der Waals surface area contributed by atoms with E-state index < -0.39 is 6.10 Å². The van der Waals surface area contributed by atoms with Crippen LogP contribution in [-0.2, 0) is 11.3 Å². The highest BCUT2D eigenvalue weighted by Crippen LogP contribution is 2.19. The molecule has 0 unspecified atom stereocenters. The molecule has 2 aromatic rings. The summed E-state index contributed by atoms with van der Waals surface area (Å²) in [6, 6.07) is 14.9. The van der Waals surface area contributed by atoms with Crippen molar-refractivity contribution in [3.8, 4) is 17.2 Å². The first kappa shape index (κ1) is 18.6. The van der Waals surface area contributed by atoms with Crippen LogP contribution >= 0.6 is 0 Å². The van der Waals surface area contributed by atoms with E-state index in [0.717, 1.165) is 17.1 Å². The van der Waals surface area contributed by atoms with Gasteiger partial charge in [-0.2, -0.15) is 0 Å². The van der Waals surface area contributed by atoms with Crippen molar-refractivity contribution in [1.29, 1.82) is 0 Å². The van der Waals surface area contributed by atoms with E-state index in [0.29, 0.717) is 25.3 Å². The minimum Gasteiger partial charge on any atom is -0.497 e. The molecule has 134 valence electrons. The molecule has 0 aliphatic carbocycles. The van der Waals surface area contributed by atoms with Crippen LogP contribution in [0.1, 0.15) is 25.8 Å². The Bertz CT molecular complexity index is 652. The lowest BCUT2D eigenvalue weighted by molar-refractivity contribution is -0.128. The highest BCUT2D eigenvalue weighted by molar-refractivity contribution is 5.81.